The molecule has 0 radical (unpaired) electrons. The molecule has 0 saturated carbocycles. The number of amides is 2. The van der Waals surface area contributed by atoms with E-state index in [1.807, 2.05) is 6.92 Å². The summed E-state index contributed by atoms with van der Waals surface area (Å²) in [6, 6.07) is 0.0764. The summed E-state index contributed by atoms with van der Waals surface area (Å²) in [6.07, 6.45) is 4.49. The Kier molecular flexibility index (Phi) is 4.89. The molecule has 1 aliphatic carbocycles. The molecule has 1 aromatic rings. The van der Waals surface area contributed by atoms with E-state index >= 15 is 0 Å². The number of hydrogen-bond donors (Lipinski definition) is 2. The molecule has 2 rings (SSSR count). The Balaban J connectivity index is 1.86. The lowest BCUT2D eigenvalue weighted by molar-refractivity contribution is -0.122. The van der Waals surface area contributed by atoms with Crippen molar-refractivity contribution < 1.29 is 9.59 Å². The molecule has 1 unspecified atom stereocenters. The predicted molar refractivity (Wildman–Crippen MR) is 78.5 cm³/mol. The fourth-order valence-corrected chi connectivity index (χ4v) is 3.38. The van der Waals surface area contributed by atoms with Crippen LogP contribution < -0.4 is 10.6 Å². The number of aryl methyl sites for hydroxylation is 2. The second-order valence-electron chi connectivity index (χ2n) is 4.80. The van der Waals surface area contributed by atoms with Gasteiger partial charge in [-0.25, -0.2) is 4.98 Å². The first kappa shape index (κ1) is 14.7. The molecule has 5 nitrogen and oxygen atoms in total. The van der Waals surface area contributed by atoms with Gasteiger partial charge in [0.2, 0.25) is 11.8 Å². The maximum Gasteiger partial charge on any atom is 0.243 e. The summed E-state index contributed by atoms with van der Waals surface area (Å²) in [7, 11) is 0. The molecule has 0 aliphatic heterocycles. The molecule has 1 atom stereocenters. The maximum atomic E-state index is 11.9. The third kappa shape index (κ3) is 3.66. The van der Waals surface area contributed by atoms with Crippen LogP contribution in [0, 0.1) is 6.92 Å². The topological polar surface area (TPSA) is 71.1 Å². The second-order valence-corrected chi connectivity index (χ2v) is 6.04. The first-order chi connectivity index (χ1) is 9.60. The van der Waals surface area contributed by atoms with Gasteiger partial charge in [-0.15, -0.1) is 11.3 Å². The van der Waals surface area contributed by atoms with Crippen LogP contribution in [0.4, 0.5) is 0 Å². The number of hydrogen-bond acceptors (Lipinski definition) is 4. The van der Waals surface area contributed by atoms with Gasteiger partial charge in [-0.2, -0.15) is 0 Å². The summed E-state index contributed by atoms with van der Waals surface area (Å²) in [5.41, 5.74) is 1.13. The number of aromatic nitrogens is 1. The molecule has 0 spiro atoms. The van der Waals surface area contributed by atoms with Crippen LogP contribution in [0.15, 0.2) is 12.7 Å². The van der Waals surface area contributed by atoms with Gasteiger partial charge in [0.15, 0.2) is 0 Å². The number of fused-ring (bicyclic) bond motifs is 1. The van der Waals surface area contributed by atoms with Crippen molar-refractivity contribution in [3.8, 4) is 0 Å². The van der Waals surface area contributed by atoms with Crippen LogP contribution in [0.5, 0.6) is 0 Å². The van der Waals surface area contributed by atoms with Crippen LogP contribution in [-0.4, -0.2) is 23.3 Å². The van der Waals surface area contributed by atoms with E-state index in [9.17, 15) is 9.59 Å². The van der Waals surface area contributed by atoms with E-state index in [4.69, 9.17) is 0 Å². The molecule has 1 aliphatic rings. The van der Waals surface area contributed by atoms with Gasteiger partial charge in [-0.3, -0.25) is 9.59 Å². The molecule has 1 heterocycles. The molecule has 1 aromatic heterocycles. The third-order valence-electron chi connectivity index (χ3n) is 3.23. The minimum atomic E-state index is -0.254. The van der Waals surface area contributed by atoms with E-state index in [0.29, 0.717) is 6.54 Å². The Morgan fingerprint density at radius 1 is 1.55 bits per heavy atom. The van der Waals surface area contributed by atoms with E-state index in [1.54, 1.807) is 11.3 Å². The second kappa shape index (κ2) is 6.65. The molecule has 6 heteroatoms. The molecule has 0 fully saturated rings. The number of nitrogens with one attached hydrogen (secondary N) is 2. The average Bonchev–Trinajstić information content (AvgIpc) is 2.80. The SMILES string of the molecule is C=CC(=O)NCCC(=O)NC1CCCc2nc(C)sc21. The Morgan fingerprint density at radius 2 is 2.35 bits per heavy atom. The summed E-state index contributed by atoms with van der Waals surface area (Å²) in [5.74, 6) is -0.297. The van der Waals surface area contributed by atoms with E-state index in [2.05, 4.69) is 22.2 Å². The molecule has 0 saturated heterocycles. The number of nitrogens with zero attached hydrogens (tertiary/aromatic N) is 1. The Labute approximate surface area is 122 Å². The minimum absolute atomic E-state index is 0.0433. The van der Waals surface area contributed by atoms with Gasteiger partial charge in [0, 0.05) is 13.0 Å². The fraction of sp³-hybridized carbons (Fsp3) is 0.500. The molecular formula is C14H19N3O2S. The predicted octanol–water partition coefficient (Wildman–Crippen LogP) is 1.64. The molecule has 2 amide bonds. The van der Waals surface area contributed by atoms with Gasteiger partial charge in [0.05, 0.1) is 21.6 Å². The average molecular weight is 293 g/mol. The standard InChI is InChI=1S/C14H19N3O2S/c1-3-12(18)15-8-7-13(19)17-11-6-4-5-10-14(11)20-9(2)16-10/h3,11H,1,4-8H2,2H3,(H,15,18)(H,17,19). The zero-order valence-electron chi connectivity index (χ0n) is 11.6. The van der Waals surface area contributed by atoms with Crippen LogP contribution in [-0.2, 0) is 16.0 Å². The van der Waals surface area contributed by atoms with Gasteiger partial charge in [0.1, 0.15) is 0 Å². The van der Waals surface area contributed by atoms with Crippen LogP contribution in [0.2, 0.25) is 0 Å². The number of carbonyl (C=O) groups excluding carboxylic acids is 2. The third-order valence-corrected chi connectivity index (χ3v) is 4.36. The fourth-order valence-electron chi connectivity index (χ4n) is 2.32. The highest BCUT2D eigenvalue weighted by Crippen LogP contribution is 2.33. The van der Waals surface area contributed by atoms with Gasteiger partial charge >= 0.3 is 0 Å². The summed E-state index contributed by atoms with van der Waals surface area (Å²) in [6.45, 7) is 5.69. The molecular weight excluding hydrogens is 274 g/mol. The van der Waals surface area contributed by atoms with Crippen molar-refractivity contribution in [3.05, 3.63) is 28.2 Å². The molecule has 0 bridgehead atoms. The first-order valence-electron chi connectivity index (χ1n) is 6.76. The Morgan fingerprint density at radius 3 is 3.10 bits per heavy atom. The number of rotatable bonds is 5. The van der Waals surface area contributed by atoms with Crippen LogP contribution >= 0.6 is 11.3 Å². The van der Waals surface area contributed by atoms with E-state index in [1.165, 1.54) is 11.0 Å². The zero-order valence-corrected chi connectivity index (χ0v) is 12.4. The first-order valence-corrected chi connectivity index (χ1v) is 7.57. The highest BCUT2D eigenvalue weighted by molar-refractivity contribution is 7.11. The number of thiazole rings is 1. The summed E-state index contributed by atoms with van der Waals surface area (Å²) < 4.78 is 0. The van der Waals surface area contributed by atoms with Crippen molar-refractivity contribution in [3.63, 3.8) is 0 Å². The largest absolute Gasteiger partial charge is 0.352 e. The van der Waals surface area contributed by atoms with Crippen molar-refractivity contribution in [2.75, 3.05) is 6.54 Å². The molecule has 108 valence electrons. The van der Waals surface area contributed by atoms with Crippen molar-refractivity contribution in [1.82, 2.24) is 15.6 Å². The van der Waals surface area contributed by atoms with Gasteiger partial charge in [-0.05, 0) is 32.3 Å². The van der Waals surface area contributed by atoms with Crippen LogP contribution in [0.3, 0.4) is 0 Å². The zero-order chi connectivity index (χ0) is 14.5. The van der Waals surface area contributed by atoms with E-state index in [-0.39, 0.29) is 24.3 Å². The highest BCUT2D eigenvalue weighted by atomic mass is 32.1. The van der Waals surface area contributed by atoms with Crippen molar-refractivity contribution in [1.29, 1.82) is 0 Å². The Bertz CT molecular complexity index is 524. The maximum absolute atomic E-state index is 11.9. The van der Waals surface area contributed by atoms with Crippen molar-refractivity contribution >= 4 is 23.2 Å². The lowest BCUT2D eigenvalue weighted by atomic mass is 9.98. The normalized spacial score (nSPS) is 17.1. The molecule has 0 aromatic carbocycles. The Hall–Kier alpha value is -1.69. The highest BCUT2D eigenvalue weighted by Gasteiger charge is 2.24. The van der Waals surface area contributed by atoms with Gasteiger partial charge in [-0.1, -0.05) is 6.58 Å². The van der Waals surface area contributed by atoms with E-state index in [0.717, 1.165) is 30.0 Å². The lowest BCUT2D eigenvalue weighted by Gasteiger charge is -2.22. The van der Waals surface area contributed by atoms with Crippen LogP contribution in [0.25, 0.3) is 0 Å². The molecule has 20 heavy (non-hydrogen) atoms. The summed E-state index contributed by atoms with van der Waals surface area (Å²) >= 11 is 1.66. The monoisotopic (exact) mass is 293 g/mol. The van der Waals surface area contributed by atoms with Crippen molar-refractivity contribution in [2.24, 2.45) is 0 Å². The minimum Gasteiger partial charge on any atom is -0.352 e. The smallest absolute Gasteiger partial charge is 0.243 e. The van der Waals surface area contributed by atoms with Crippen molar-refractivity contribution in [2.45, 2.75) is 38.6 Å². The summed E-state index contributed by atoms with van der Waals surface area (Å²) in [5, 5.41) is 6.68. The van der Waals surface area contributed by atoms with E-state index < -0.39 is 0 Å². The van der Waals surface area contributed by atoms with Crippen LogP contribution in [0.1, 0.15) is 40.9 Å². The quantitative estimate of drug-likeness (QED) is 0.811. The molecule has 2 N–H and O–H groups in total. The van der Waals surface area contributed by atoms with Gasteiger partial charge < -0.3 is 10.6 Å². The number of carbonyl (C=O) groups is 2. The summed E-state index contributed by atoms with van der Waals surface area (Å²) in [4.78, 5) is 28.6. The van der Waals surface area contributed by atoms with Gasteiger partial charge in [0.25, 0.3) is 0 Å². The lowest BCUT2D eigenvalue weighted by Crippen LogP contribution is -2.33.